The zero-order chi connectivity index (χ0) is 15.5. The fourth-order valence-electron chi connectivity index (χ4n) is 1.77. The number of ether oxygens (including phenoxy) is 3. The van der Waals surface area contributed by atoms with Crippen molar-refractivity contribution >= 4 is 17.9 Å². The zero-order valence-electron chi connectivity index (χ0n) is 12.6. The first-order valence-corrected chi connectivity index (χ1v) is 6.96. The Hall–Kier alpha value is -1.59. The van der Waals surface area contributed by atoms with E-state index in [-0.39, 0.29) is 32.7 Å². The third-order valence-corrected chi connectivity index (χ3v) is 2.82. The molecule has 0 unspecified atom stereocenters. The van der Waals surface area contributed by atoms with Gasteiger partial charge < -0.3 is 14.2 Å². The maximum atomic E-state index is 11.9. The molecule has 0 aromatic heterocycles. The van der Waals surface area contributed by atoms with Gasteiger partial charge in [0.2, 0.25) is 0 Å². The van der Waals surface area contributed by atoms with Crippen molar-refractivity contribution in [2.75, 3.05) is 19.8 Å². The van der Waals surface area contributed by atoms with Crippen LogP contribution in [0.3, 0.4) is 0 Å². The molecule has 0 N–H and O–H groups in total. The lowest BCUT2D eigenvalue weighted by atomic mass is 9.89. The highest BCUT2D eigenvalue weighted by Gasteiger charge is 2.32. The molecule has 0 radical (unpaired) electrons. The summed E-state index contributed by atoms with van der Waals surface area (Å²) in [6, 6.07) is 0. The molecular weight excluding hydrogens is 264 g/mol. The smallest absolute Gasteiger partial charge is 0.309 e. The highest BCUT2D eigenvalue weighted by Crippen LogP contribution is 2.21. The van der Waals surface area contributed by atoms with Crippen LogP contribution in [-0.4, -0.2) is 37.7 Å². The summed E-state index contributed by atoms with van der Waals surface area (Å²) < 4.78 is 14.7. The lowest BCUT2D eigenvalue weighted by molar-refractivity contribution is -0.160. The van der Waals surface area contributed by atoms with Crippen LogP contribution in [0.25, 0.3) is 0 Å². The van der Waals surface area contributed by atoms with Crippen LogP contribution in [0.1, 0.15) is 40.5 Å². The van der Waals surface area contributed by atoms with Crippen LogP contribution in [0.15, 0.2) is 0 Å². The van der Waals surface area contributed by atoms with Gasteiger partial charge in [0.25, 0.3) is 0 Å². The average Bonchev–Trinajstić information content (AvgIpc) is 2.39. The van der Waals surface area contributed by atoms with E-state index in [1.807, 2.05) is 0 Å². The van der Waals surface area contributed by atoms with Crippen LogP contribution in [0.5, 0.6) is 0 Å². The van der Waals surface area contributed by atoms with Crippen molar-refractivity contribution in [3.63, 3.8) is 0 Å². The molecule has 0 aliphatic rings. The highest BCUT2D eigenvalue weighted by atomic mass is 16.5. The molecular formula is C14H24O6. The van der Waals surface area contributed by atoms with Crippen LogP contribution in [0.4, 0.5) is 0 Å². The van der Waals surface area contributed by atoms with E-state index in [4.69, 9.17) is 14.2 Å². The van der Waals surface area contributed by atoms with E-state index < -0.39 is 29.7 Å². The molecule has 0 heterocycles. The van der Waals surface area contributed by atoms with E-state index in [0.717, 1.165) is 0 Å². The van der Waals surface area contributed by atoms with Gasteiger partial charge in [0, 0.05) is 6.42 Å². The van der Waals surface area contributed by atoms with Gasteiger partial charge in [-0.1, -0.05) is 6.92 Å². The summed E-state index contributed by atoms with van der Waals surface area (Å²) in [6.07, 6.45) is 0.277. The van der Waals surface area contributed by atoms with Crippen LogP contribution < -0.4 is 0 Å². The van der Waals surface area contributed by atoms with Gasteiger partial charge in [-0.25, -0.2) is 0 Å². The fraction of sp³-hybridized carbons (Fsp3) is 0.786. The van der Waals surface area contributed by atoms with E-state index in [2.05, 4.69) is 0 Å². The summed E-state index contributed by atoms with van der Waals surface area (Å²) in [7, 11) is 0. The maximum absolute atomic E-state index is 11.9. The van der Waals surface area contributed by atoms with E-state index in [0.29, 0.717) is 0 Å². The molecule has 0 saturated carbocycles. The lowest BCUT2D eigenvalue weighted by Crippen LogP contribution is -2.31. The predicted octanol–water partition coefficient (Wildman–Crippen LogP) is 1.71. The normalized spacial score (nSPS) is 13.2. The second-order valence-electron chi connectivity index (χ2n) is 4.24. The fourth-order valence-corrected chi connectivity index (χ4v) is 1.77. The molecule has 0 amide bonds. The van der Waals surface area contributed by atoms with Gasteiger partial charge in [-0.3, -0.25) is 14.4 Å². The molecule has 0 aromatic carbocycles. The Morgan fingerprint density at radius 2 is 1.35 bits per heavy atom. The molecule has 0 fully saturated rings. The Labute approximate surface area is 119 Å². The van der Waals surface area contributed by atoms with Gasteiger partial charge in [-0.05, 0) is 27.2 Å². The second-order valence-corrected chi connectivity index (χ2v) is 4.24. The van der Waals surface area contributed by atoms with Crippen molar-refractivity contribution in [1.29, 1.82) is 0 Å². The Balaban J connectivity index is 4.67. The lowest BCUT2D eigenvalue weighted by Gasteiger charge is -2.20. The number of carbonyl (C=O) groups excluding carboxylic acids is 3. The Bertz CT molecular complexity index is 326. The number of hydrogen-bond acceptors (Lipinski definition) is 6. The van der Waals surface area contributed by atoms with E-state index >= 15 is 0 Å². The summed E-state index contributed by atoms with van der Waals surface area (Å²) in [5, 5.41) is 0. The van der Waals surface area contributed by atoms with Crippen molar-refractivity contribution in [2.45, 2.75) is 40.5 Å². The van der Waals surface area contributed by atoms with Gasteiger partial charge in [0.1, 0.15) is 0 Å². The minimum Gasteiger partial charge on any atom is -0.466 e. The Morgan fingerprint density at radius 3 is 1.85 bits per heavy atom. The second kappa shape index (κ2) is 10.2. The maximum Gasteiger partial charge on any atom is 0.309 e. The molecule has 0 rings (SSSR count). The molecule has 0 saturated heterocycles. The van der Waals surface area contributed by atoms with Crippen molar-refractivity contribution in [3.8, 4) is 0 Å². The average molecular weight is 288 g/mol. The first-order chi connectivity index (χ1) is 9.47. The molecule has 6 nitrogen and oxygen atoms in total. The van der Waals surface area contributed by atoms with Crippen LogP contribution in [0.2, 0.25) is 0 Å². The SMILES string of the molecule is CCOC(=O)CC[C@@H](C(=O)OCC)[C@H](C)C(=O)OCC. The molecule has 116 valence electrons. The van der Waals surface area contributed by atoms with Crippen LogP contribution >= 0.6 is 0 Å². The quantitative estimate of drug-likeness (QED) is 0.474. The number of hydrogen-bond donors (Lipinski definition) is 0. The van der Waals surface area contributed by atoms with Crippen molar-refractivity contribution < 1.29 is 28.6 Å². The molecule has 0 aliphatic carbocycles. The third-order valence-electron chi connectivity index (χ3n) is 2.82. The highest BCUT2D eigenvalue weighted by molar-refractivity contribution is 5.82. The summed E-state index contributed by atoms with van der Waals surface area (Å²) in [5.41, 5.74) is 0. The predicted molar refractivity (Wildman–Crippen MR) is 71.8 cm³/mol. The summed E-state index contributed by atoms with van der Waals surface area (Å²) in [6.45, 7) is 7.46. The standard InChI is InChI=1S/C14H24O6/c1-5-18-12(15)9-8-11(14(17)20-7-3)10(4)13(16)19-6-2/h10-11H,5-9H2,1-4H3/t10-,11+/m0/s1. The molecule has 2 atom stereocenters. The topological polar surface area (TPSA) is 78.9 Å². The summed E-state index contributed by atoms with van der Waals surface area (Å²) in [5.74, 6) is -2.69. The van der Waals surface area contributed by atoms with Gasteiger partial charge >= 0.3 is 17.9 Å². The third kappa shape index (κ3) is 6.54. The Kier molecular flexibility index (Phi) is 9.41. The van der Waals surface area contributed by atoms with Crippen molar-refractivity contribution in [2.24, 2.45) is 11.8 Å². The molecule has 6 heteroatoms. The van der Waals surface area contributed by atoms with Crippen molar-refractivity contribution in [3.05, 3.63) is 0 Å². The molecule has 0 aliphatic heterocycles. The van der Waals surface area contributed by atoms with Crippen molar-refractivity contribution in [1.82, 2.24) is 0 Å². The largest absolute Gasteiger partial charge is 0.466 e. The molecule has 20 heavy (non-hydrogen) atoms. The van der Waals surface area contributed by atoms with E-state index in [9.17, 15) is 14.4 Å². The molecule has 0 bridgehead atoms. The first-order valence-electron chi connectivity index (χ1n) is 6.96. The Morgan fingerprint density at radius 1 is 0.850 bits per heavy atom. The number of rotatable bonds is 9. The minimum atomic E-state index is -0.696. The summed E-state index contributed by atoms with van der Waals surface area (Å²) >= 11 is 0. The van der Waals surface area contributed by atoms with Gasteiger partial charge in [0.15, 0.2) is 0 Å². The zero-order valence-corrected chi connectivity index (χ0v) is 12.6. The van der Waals surface area contributed by atoms with E-state index in [1.54, 1.807) is 27.7 Å². The van der Waals surface area contributed by atoms with Gasteiger partial charge in [0.05, 0.1) is 31.7 Å². The summed E-state index contributed by atoms with van der Waals surface area (Å²) in [4.78, 5) is 35.0. The number of carbonyl (C=O) groups is 3. The molecule has 0 aromatic rings. The van der Waals surface area contributed by atoms with Crippen LogP contribution in [0, 0.1) is 11.8 Å². The number of esters is 3. The van der Waals surface area contributed by atoms with E-state index in [1.165, 1.54) is 0 Å². The van der Waals surface area contributed by atoms with Crippen LogP contribution in [-0.2, 0) is 28.6 Å². The molecule has 0 spiro atoms. The van der Waals surface area contributed by atoms with Gasteiger partial charge in [-0.15, -0.1) is 0 Å². The van der Waals surface area contributed by atoms with Gasteiger partial charge in [-0.2, -0.15) is 0 Å². The monoisotopic (exact) mass is 288 g/mol. The first kappa shape index (κ1) is 18.4. The minimum absolute atomic E-state index is 0.0705.